The molecule has 0 bridgehead atoms. The fraction of sp³-hybridized carbons (Fsp3) is 0.600. The topological polar surface area (TPSA) is 73.9 Å². The van der Waals surface area contributed by atoms with Crippen LogP contribution < -0.4 is 10.1 Å². The van der Waals surface area contributed by atoms with E-state index in [9.17, 15) is 27.2 Å². The van der Waals surface area contributed by atoms with Crippen molar-refractivity contribution in [3.8, 4) is 5.75 Å². The number of hydrogen-bond donors (Lipinski definition) is 1. The van der Waals surface area contributed by atoms with E-state index in [2.05, 4.69) is 10.1 Å². The Labute approximate surface area is 183 Å². The Bertz CT molecular complexity index is 682. The van der Waals surface area contributed by atoms with Crippen LogP contribution in [-0.2, 0) is 19.1 Å². The number of ether oxygens (including phenoxy) is 3. The second kappa shape index (κ2) is 15.8. The lowest BCUT2D eigenvalue weighted by atomic mass is 10.2. The lowest BCUT2D eigenvalue weighted by Gasteiger charge is -2.09. The molecule has 0 saturated heterocycles. The van der Waals surface area contributed by atoms with Crippen LogP contribution in [0.25, 0.3) is 0 Å². The Balaban J connectivity index is 2.09. The van der Waals surface area contributed by atoms with Crippen LogP contribution in [-0.4, -0.2) is 50.7 Å². The van der Waals surface area contributed by atoms with Gasteiger partial charge in [-0.15, -0.1) is 11.6 Å². The first-order valence-corrected chi connectivity index (χ1v) is 10.4. The van der Waals surface area contributed by atoms with Crippen LogP contribution in [0, 0.1) is 23.3 Å². The summed E-state index contributed by atoms with van der Waals surface area (Å²) in [7, 11) is 0. The van der Waals surface area contributed by atoms with Crippen molar-refractivity contribution in [3.05, 3.63) is 29.3 Å². The summed E-state index contributed by atoms with van der Waals surface area (Å²) in [5, 5.41) is 2.48. The number of carbonyl (C=O) groups excluding carboxylic acids is 2. The largest absolute Gasteiger partial charge is 0.420 e. The molecule has 0 radical (unpaired) electrons. The molecule has 0 saturated carbocycles. The van der Waals surface area contributed by atoms with E-state index in [-0.39, 0.29) is 25.6 Å². The molecule has 0 spiro atoms. The zero-order chi connectivity index (χ0) is 23.1. The second-order valence-corrected chi connectivity index (χ2v) is 6.83. The van der Waals surface area contributed by atoms with E-state index in [1.807, 2.05) is 0 Å². The predicted octanol–water partition coefficient (Wildman–Crippen LogP) is 3.88. The van der Waals surface area contributed by atoms with Crippen molar-refractivity contribution in [1.82, 2.24) is 5.32 Å². The Hall–Kier alpha value is -1.91. The molecule has 6 nitrogen and oxygen atoms in total. The van der Waals surface area contributed by atoms with Crippen LogP contribution in [0.2, 0.25) is 0 Å². The van der Waals surface area contributed by atoms with Crippen LogP contribution in [0.15, 0.2) is 6.07 Å². The number of alkyl halides is 1. The molecule has 0 fully saturated rings. The molecule has 1 N–H and O–H groups in total. The highest BCUT2D eigenvalue weighted by Crippen LogP contribution is 2.26. The van der Waals surface area contributed by atoms with Crippen molar-refractivity contribution in [2.45, 2.75) is 38.5 Å². The van der Waals surface area contributed by atoms with Crippen molar-refractivity contribution >= 4 is 23.5 Å². The normalized spacial score (nSPS) is 10.9. The van der Waals surface area contributed by atoms with Gasteiger partial charge in [-0.25, -0.2) is 8.78 Å². The molecule has 31 heavy (non-hydrogen) atoms. The van der Waals surface area contributed by atoms with E-state index in [1.165, 1.54) is 0 Å². The van der Waals surface area contributed by atoms with Gasteiger partial charge in [-0.3, -0.25) is 9.59 Å². The number of rotatable bonds is 16. The number of esters is 1. The van der Waals surface area contributed by atoms with Gasteiger partial charge in [0.1, 0.15) is 0 Å². The molecule has 11 heteroatoms. The Kier molecular flexibility index (Phi) is 13.8. The Morgan fingerprint density at radius 3 is 2.10 bits per heavy atom. The molecule has 0 heterocycles. The van der Waals surface area contributed by atoms with Crippen molar-refractivity contribution in [2.24, 2.45) is 0 Å². The van der Waals surface area contributed by atoms with Gasteiger partial charge >= 0.3 is 5.97 Å². The summed E-state index contributed by atoms with van der Waals surface area (Å²) < 4.78 is 68.0. The third-order valence-electron chi connectivity index (χ3n) is 3.96. The van der Waals surface area contributed by atoms with Crippen molar-refractivity contribution in [3.63, 3.8) is 0 Å². The molecule has 0 aliphatic carbocycles. The number of benzene rings is 1. The fourth-order valence-corrected chi connectivity index (χ4v) is 2.54. The quantitative estimate of drug-likeness (QED) is 0.0989. The minimum Gasteiger partial charge on any atom is -0.420 e. The van der Waals surface area contributed by atoms with E-state index in [4.69, 9.17) is 21.1 Å². The molecule has 0 aromatic heterocycles. The summed E-state index contributed by atoms with van der Waals surface area (Å²) in [6.45, 7) is 1.86. The number of amides is 1. The van der Waals surface area contributed by atoms with Gasteiger partial charge in [0.2, 0.25) is 23.3 Å². The summed E-state index contributed by atoms with van der Waals surface area (Å²) in [5.74, 6) is -9.61. The van der Waals surface area contributed by atoms with Crippen molar-refractivity contribution in [1.29, 1.82) is 0 Å². The number of nitrogens with one attached hydrogen (secondary N) is 1. The zero-order valence-electron chi connectivity index (χ0n) is 17.0. The molecule has 1 rings (SSSR count). The average molecular weight is 472 g/mol. The van der Waals surface area contributed by atoms with Gasteiger partial charge < -0.3 is 19.5 Å². The fourth-order valence-electron chi connectivity index (χ4n) is 2.35. The van der Waals surface area contributed by atoms with Gasteiger partial charge in [0.25, 0.3) is 0 Å². The Morgan fingerprint density at radius 2 is 1.45 bits per heavy atom. The number of unbranched alkanes of at least 4 members (excludes halogenated alkanes) is 3. The third-order valence-corrected chi connectivity index (χ3v) is 4.22. The number of carbonyl (C=O) groups is 2. The number of hydrogen-bond acceptors (Lipinski definition) is 5. The van der Waals surface area contributed by atoms with E-state index in [1.54, 1.807) is 0 Å². The van der Waals surface area contributed by atoms with E-state index in [0.29, 0.717) is 25.7 Å². The summed E-state index contributed by atoms with van der Waals surface area (Å²) in [4.78, 5) is 23.2. The van der Waals surface area contributed by atoms with Gasteiger partial charge in [0.05, 0.1) is 26.2 Å². The van der Waals surface area contributed by atoms with Crippen LogP contribution in [0.3, 0.4) is 0 Å². The highest BCUT2D eigenvalue weighted by atomic mass is 35.5. The van der Waals surface area contributed by atoms with Gasteiger partial charge in [-0.1, -0.05) is 12.8 Å². The average Bonchev–Trinajstić information content (AvgIpc) is 2.74. The summed E-state index contributed by atoms with van der Waals surface area (Å²) >= 11 is 5.58. The molecule has 0 unspecified atom stereocenters. The SMILES string of the molecule is O=C(CCC(=O)Oc1c(F)c(F)cc(F)c1F)NCCOCCOCCCCCCCl. The van der Waals surface area contributed by atoms with Crippen LogP contribution >= 0.6 is 11.6 Å². The smallest absolute Gasteiger partial charge is 0.311 e. The van der Waals surface area contributed by atoms with Crippen LogP contribution in [0.5, 0.6) is 5.75 Å². The maximum Gasteiger partial charge on any atom is 0.311 e. The first-order chi connectivity index (χ1) is 14.9. The van der Waals surface area contributed by atoms with E-state index >= 15 is 0 Å². The van der Waals surface area contributed by atoms with Crippen LogP contribution in [0.1, 0.15) is 38.5 Å². The molecule has 1 aromatic rings. The molecule has 0 aliphatic heterocycles. The molecule has 0 atom stereocenters. The minimum absolute atomic E-state index is 0.00568. The molecule has 0 aliphatic rings. The van der Waals surface area contributed by atoms with Gasteiger partial charge in [0, 0.05) is 31.5 Å². The Morgan fingerprint density at radius 1 is 0.839 bits per heavy atom. The summed E-state index contributed by atoms with van der Waals surface area (Å²) in [6.07, 6.45) is 3.23. The van der Waals surface area contributed by atoms with Gasteiger partial charge in [0.15, 0.2) is 11.6 Å². The maximum atomic E-state index is 13.4. The van der Waals surface area contributed by atoms with E-state index < -0.39 is 47.3 Å². The zero-order valence-corrected chi connectivity index (χ0v) is 17.7. The number of halogens is 5. The lowest BCUT2D eigenvalue weighted by Crippen LogP contribution is -2.28. The van der Waals surface area contributed by atoms with Crippen molar-refractivity contribution < 1.29 is 41.4 Å². The standard InChI is InChI=1S/C20H26ClF4NO5/c21-7-3-1-2-4-9-29-11-12-30-10-8-26-16(27)5-6-17(28)31-20-18(24)14(22)13-15(23)19(20)25/h13H,1-12H2,(H,26,27). The van der Waals surface area contributed by atoms with Gasteiger partial charge in [-0.05, 0) is 12.8 Å². The third kappa shape index (κ3) is 11.3. The predicted molar refractivity (Wildman–Crippen MR) is 105 cm³/mol. The van der Waals surface area contributed by atoms with Crippen LogP contribution in [0.4, 0.5) is 17.6 Å². The lowest BCUT2D eigenvalue weighted by molar-refractivity contribution is -0.136. The minimum atomic E-state index is -1.83. The second-order valence-electron chi connectivity index (χ2n) is 6.45. The first-order valence-electron chi connectivity index (χ1n) is 9.88. The van der Waals surface area contributed by atoms with E-state index in [0.717, 1.165) is 25.7 Å². The summed E-state index contributed by atoms with van der Waals surface area (Å²) in [6, 6.07) is -0.00568. The highest BCUT2D eigenvalue weighted by molar-refractivity contribution is 6.17. The molecule has 176 valence electrons. The monoisotopic (exact) mass is 471 g/mol. The highest BCUT2D eigenvalue weighted by Gasteiger charge is 2.23. The molecular weight excluding hydrogens is 446 g/mol. The van der Waals surface area contributed by atoms with Gasteiger partial charge in [-0.2, -0.15) is 8.78 Å². The molecular formula is C20H26ClF4NO5. The summed E-state index contributed by atoms with van der Waals surface area (Å²) in [5.41, 5.74) is 0. The maximum absolute atomic E-state index is 13.4. The van der Waals surface area contributed by atoms with Crippen molar-refractivity contribution in [2.75, 3.05) is 38.9 Å². The molecule has 1 amide bonds. The molecule has 1 aromatic carbocycles. The first kappa shape index (κ1) is 27.1.